The first-order valence-corrected chi connectivity index (χ1v) is 8.09. The molecule has 0 unspecified atom stereocenters. The van der Waals surface area contributed by atoms with Gasteiger partial charge in [0.2, 0.25) is 0 Å². The summed E-state index contributed by atoms with van der Waals surface area (Å²) >= 11 is 0. The predicted octanol–water partition coefficient (Wildman–Crippen LogP) is -5.42. The van der Waals surface area contributed by atoms with E-state index in [1.54, 1.807) is 0 Å². The van der Waals surface area contributed by atoms with Crippen molar-refractivity contribution in [1.82, 2.24) is 5.32 Å². The van der Waals surface area contributed by atoms with E-state index in [2.05, 4.69) is 5.32 Å². The van der Waals surface area contributed by atoms with Crippen LogP contribution >= 0.6 is 7.82 Å². The average molecular weight is 365 g/mol. The maximum atomic E-state index is 9.93. The summed E-state index contributed by atoms with van der Waals surface area (Å²) in [6.45, 7) is -1.56. The molecule has 140 valence electrons. The SMILES string of the molecule is O=P(O)(O)O.OCC(CO)N[C@H]1C[C@](O)(CO)[C@@H](O)[C@H](O)[C@H]1O. The number of phosphoric acid groups is 1. The standard InChI is InChI=1S/C10H21NO7.H3O4P/c12-2-5(3-13)11-6-1-10(18,4-14)9(17)8(16)7(6)15;1-5(2,3)4/h5-9,11-18H,1-4H2;(H3,1,2,3,4)/t6-,7-,8+,9-,10-;/m0./s1. The monoisotopic (exact) mass is 365 g/mol. The zero-order valence-electron chi connectivity index (χ0n) is 12.0. The van der Waals surface area contributed by atoms with Gasteiger partial charge < -0.3 is 55.7 Å². The molecule has 0 saturated heterocycles. The second kappa shape index (κ2) is 9.32. The third kappa shape index (κ3) is 7.47. The normalized spacial score (nSPS) is 34.9. The minimum atomic E-state index is -4.64. The van der Waals surface area contributed by atoms with Crippen molar-refractivity contribution in [3.05, 3.63) is 0 Å². The van der Waals surface area contributed by atoms with E-state index < -0.39 is 63.6 Å². The quantitative estimate of drug-likeness (QED) is 0.205. The lowest BCUT2D eigenvalue weighted by molar-refractivity contribution is -0.207. The molecular formula is C10H24NO11P. The van der Waals surface area contributed by atoms with E-state index >= 15 is 0 Å². The molecule has 0 heterocycles. The first-order valence-electron chi connectivity index (χ1n) is 6.53. The molecule has 1 saturated carbocycles. The van der Waals surface area contributed by atoms with E-state index in [-0.39, 0.29) is 6.42 Å². The van der Waals surface area contributed by atoms with Crippen molar-refractivity contribution in [2.75, 3.05) is 19.8 Å². The summed E-state index contributed by atoms with van der Waals surface area (Å²) in [5, 5.41) is 68.4. The van der Waals surface area contributed by atoms with Crippen LogP contribution in [0.3, 0.4) is 0 Å². The molecule has 5 atom stereocenters. The van der Waals surface area contributed by atoms with Crippen molar-refractivity contribution in [1.29, 1.82) is 0 Å². The van der Waals surface area contributed by atoms with Crippen LogP contribution < -0.4 is 5.32 Å². The molecule has 0 aromatic rings. The molecule has 23 heavy (non-hydrogen) atoms. The average Bonchev–Trinajstić information content (AvgIpc) is 2.46. The van der Waals surface area contributed by atoms with Crippen LogP contribution in [0.1, 0.15) is 6.42 Å². The third-order valence-corrected chi connectivity index (χ3v) is 3.37. The van der Waals surface area contributed by atoms with Crippen LogP contribution in [0.15, 0.2) is 0 Å². The topological polar surface area (TPSA) is 231 Å². The zero-order chi connectivity index (χ0) is 18.4. The van der Waals surface area contributed by atoms with Crippen LogP contribution in [0.5, 0.6) is 0 Å². The molecule has 13 heteroatoms. The molecule has 0 spiro atoms. The second-order valence-corrected chi connectivity index (χ2v) is 6.27. The Morgan fingerprint density at radius 2 is 1.48 bits per heavy atom. The van der Waals surface area contributed by atoms with Gasteiger partial charge in [-0.25, -0.2) is 4.57 Å². The van der Waals surface area contributed by atoms with Crippen molar-refractivity contribution < 1.29 is 55.0 Å². The van der Waals surface area contributed by atoms with Gasteiger partial charge in [0.1, 0.15) is 17.8 Å². The van der Waals surface area contributed by atoms with Gasteiger partial charge in [-0.15, -0.1) is 0 Å². The minimum absolute atomic E-state index is 0.223. The number of aliphatic hydroxyl groups is 7. The molecule has 1 rings (SSSR count). The Balaban J connectivity index is 0.000000841. The van der Waals surface area contributed by atoms with Crippen LogP contribution in [-0.4, -0.2) is 106 Å². The highest BCUT2D eigenvalue weighted by atomic mass is 31.2. The Labute approximate surface area is 131 Å². The Morgan fingerprint density at radius 3 is 1.83 bits per heavy atom. The third-order valence-electron chi connectivity index (χ3n) is 3.37. The van der Waals surface area contributed by atoms with E-state index in [1.165, 1.54) is 0 Å². The van der Waals surface area contributed by atoms with Crippen LogP contribution in [0.25, 0.3) is 0 Å². The first kappa shape index (κ1) is 22.8. The Kier molecular flexibility index (Phi) is 9.23. The molecule has 1 aliphatic rings. The molecule has 11 N–H and O–H groups in total. The predicted molar refractivity (Wildman–Crippen MR) is 73.8 cm³/mol. The second-order valence-electron chi connectivity index (χ2n) is 5.24. The first-order chi connectivity index (χ1) is 10.4. The molecule has 1 fully saturated rings. The van der Waals surface area contributed by atoms with Gasteiger partial charge in [0.05, 0.1) is 32.0 Å². The summed E-state index contributed by atoms with van der Waals surface area (Å²) in [7, 11) is -4.64. The highest BCUT2D eigenvalue weighted by Crippen LogP contribution is 2.29. The maximum absolute atomic E-state index is 9.93. The van der Waals surface area contributed by atoms with Gasteiger partial charge in [-0.2, -0.15) is 0 Å². The Morgan fingerprint density at radius 1 is 1.04 bits per heavy atom. The number of rotatable bonds is 5. The van der Waals surface area contributed by atoms with Gasteiger partial charge in [-0.05, 0) is 6.42 Å². The van der Waals surface area contributed by atoms with E-state index in [4.69, 9.17) is 34.6 Å². The lowest BCUT2D eigenvalue weighted by Crippen LogP contribution is -2.68. The maximum Gasteiger partial charge on any atom is 0.466 e. The summed E-state index contributed by atoms with van der Waals surface area (Å²) in [5.41, 5.74) is -1.94. The van der Waals surface area contributed by atoms with E-state index in [0.717, 1.165) is 0 Å². The fourth-order valence-electron chi connectivity index (χ4n) is 2.15. The molecular weight excluding hydrogens is 341 g/mol. The van der Waals surface area contributed by atoms with Crippen molar-refractivity contribution in [3.63, 3.8) is 0 Å². The number of hydrogen-bond acceptors (Lipinski definition) is 9. The molecule has 0 aromatic carbocycles. The van der Waals surface area contributed by atoms with Crippen LogP contribution in [0.4, 0.5) is 0 Å². The largest absolute Gasteiger partial charge is 0.466 e. The van der Waals surface area contributed by atoms with Gasteiger partial charge in [0, 0.05) is 6.04 Å². The number of aliphatic hydroxyl groups excluding tert-OH is 6. The van der Waals surface area contributed by atoms with Crippen molar-refractivity contribution >= 4 is 7.82 Å². The molecule has 0 aromatic heterocycles. The fourth-order valence-corrected chi connectivity index (χ4v) is 2.15. The highest BCUT2D eigenvalue weighted by molar-refractivity contribution is 7.45. The van der Waals surface area contributed by atoms with Gasteiger partial charge in [0.25, 0.3) is 0 Å². The van der Waals surface area contributed by atoms with E-state index in [1.807, 2.05) is 0 Å². The summed E-state index contributed by atoms with van der Waals surface area (Å²) in [6, 6.07) is -1.60. The van der Waals surface area contributed by atoms with Gasteiger partial charge in [0.15, 0.2) is 0 Å². The summed E-state index contributed by atoms with van der Waals surface area (Å²) < 4.78 is 8.88. The fraction of sp³-hybridized carbons (Fsp3) is 1.00. The van der Waals surface area contributed by atoms with E-state index in [9.17, 15) is 20.4 Å². The minimum Gasteiger partial charge on any atom is -0.395 e. The zero-order valence-corrected chi connectivity index (χ0v) is 12.9. The smallest absolute Gasteiger partial charge is 0.395 e. The van der Waals surface area contributed by atoms with Gasteiger partial charge >= 0.3 is 7.82 Å². The molecule has 1 aliphatic carbocycles. The highest BCUT2D eigenvalue weighted by Gasteiger charge is 2.51. The van der Waals surface area contributed by atoms with Crippen molar-refractivity contribution in [3.8, 4) is 0 Å². The molecule has 0 amide bonds. The summed E-state index contributed by atoms with van der Waals surface area (Å²) in [4.78, 5) is 21.6. The lowest BCUT2D eigenvalue weighted by atomic mass is 9.76. The molecule has 0 bridgehead atoms. The van der Waals surface area contributed by atoms with Crippen molar-refractivity contribution in [2.24, 2.45) is 0 Å². The van der Waals surface area contributed by atoms with Gasteiger partial charge in [-0.3, -0.25) is 0 Å². The Hall–Kier alpha value is -0.210. The lowest BCUT2D eigenvalue weighted by Gasteiger charge is -2.46. The van der Waals surface area contributed by atoms with Crippen molar-refractivity contribution in [2.45, 2.75) is 42.4 Å². The summed E-state index contributed by atoms with van der Waals surface area (Å²) in [5.74, 6) is 0. The number of nitrogens with one attached hydrogen (secondary N) is 1. The number of hydrogen-bond donors (Lipinski definition) is 11. The molecule has 0 radical (unpaired) electrons. The van der Waals surface area contributed by atoms with Crippen LogP contribution in [0, 0.1) is 0 Å². The van der Waals surface area contributed by atoms with Crippen LogP contribution in [0.2, 0.25) is 0 Å². The van der Waals surface area contributed by atoms with Gasteiger partial charge in [-0.1, -0.05) is 0 Å². The molecule has 0 aliphatic heterocycles. The van der Waals surface area contributed by atoms with E-state index in [0.29, 0.717) is 0 Å². The molecule has 12 nitrogen and oxygen atoms in total. The Bertz CT molecular complexity index is 381. The van der Waals surface area contributed by atoms with Crippen LogP contribution in [-0.2, 0) is 4.57 Å². The summed E-state index contributed by atoms with van der Waals surface area (Å²) in [6.07, 6.45) is -4.91.